The van der Waals surface area contributed by atoms with Crippen LogP contribution in [0.2, 0.25) is 0 Å². The number of hydrogen-bond donors (Lipinski definition) is 2. The van der Waals surface area contributed by atoms with Crippen LogP contribution in [0.25, 0.3) is 0 Å². The Morgan fingerprint density at radius 1 is 0.971 bits per heavy atom. The molecule has 0 unspecified atom stereocenters. The Kier molecular flexibility index (Phi) is 6.68. The summed E-state index contributed by atoms with van der Waals surface area (Å²) in [4.78, 5) is 27.8. The van der Waals surface area contributed by atoms with Crippen molar-refractivity contribution in [1.82, 2.24) is 4.90 Å². The SMILES string of the molecule is COc1cc([C@@H]2C(C(=O)c3ccco3)=C(O)C(=O)N2CCc2ccc(OC)c(OC)c2)ccc1O. The van der Waals surface area contributed by atoms with Crippen LogP contribution in [0, 0.1) is 0 Å². The Morgan fingerprint density at radius 2 is 1.71 bits per heavy atom. The second-order valence-corrected chi connectivity index (χ2v) is 7.84. The highest BCUT2D eigenvalue weighted by Gasteiger charge is 2.44. The van der Waals surface area contributed by atoms with Crippen LogP contribution in [0.5, 0.6) is 23.0 Å². The highest BCUT2D eigenvalue weighted by Crippen LogP contribution is 2.41. The molecule has 0 bridgehead atoms. The summed E-state index contributed by atoms with van der Waals surface area (Å²) in [6.45, 7) is 0.182. The highest BCUT2D eigenvalue weighted by molar-refractivity contribution is 6.15. The summed E-state index contributed by atoms with van der Waals surface area (Å²) >= 11 is 0. The van der Waals surface area contributed by atoms with Crippen LogP contribution in [0.15, 0.2) is 70.5 Å². The number of phenols is 1. The van der Waals surface area contributed by atoms with Gasteiger partial charge in [-0.1, -0.05) is 12.1 Å². The minimum Gasteiger partial charge on any atom is -0.504 e. The largest absolute Gasteiger partial charge is 0.504 e. The lowest BCUT2D eigenvalue weighted by molar-refractivity contribution is -0.129. The number of aliphatic hydroxyl groups excluding tert-OH is 1. The van der Waals surface area contributed by atoms with Crippen molar-refractivity contribution >= 4 is 11.7 Å². The minimum absolute atomic E-state index is 0.00293. The molecule has 182 valence electrons. The molecule has 3 aromatic rings. The third kappa shape index (κ3) is 4.40. The average Bonchev–Trinajstić information content (AvgIpc) is 3.50. The van der Waals surface area contributed by atoms with Crippen molar-refractivity contribution < 1.29 is 38.4 Å². The van der Waals surface area contributed by atoms with E-state index in [2.05, 4.69) is 0 Å². The van der Waals surface area contributed by atoms with Crippen molar-refractivity contribution in [2.24, 2.45) is 0 Å². The predicted molar refractivity (Wildman–Crippen MR) is 125 cm³/mol. The maximum Gasteiger partial charge on any atom is 0.290 e. The minimum atomic E-state index is -0.922. The number of furan rings is 1. The van der Waals surface area contributed by atoms with Gasteiger partial charge in [0.1, 0.15) is 0 Å². The van der Waals surface area contributed by atoms with E-state index >= 15 is 0 Å². The number of aliphatic hydroxyl groups is 1. The number of aromatic hydroxyl groups is 1. The van der Waals surface area contributed by atoms with Gasteiger partial charge in [-0.3, -0.25) is 9.59 Å². The van der Waals surface area contributed by atoms with E-state index in [-0.39, 0.29) is 29.4 Å². The molecular formula is C26H25NO8. The van der Waals surface area contributed by atoms with Crippen molar-refractivity contribution in [3.05, 3.63) is 83.0 Å². The number of hydrogen-bond acceptors (Lipinski definition) is 8. The van der Waals surface area contributed by atoms with Gasteiger partial charge in [-0.15, -0.1) is 0 Å². The molecule has 0 spiro atoms. The summed E-state index contributed by atoms with van der Waals surface area (Å²) < 4.78 is 21.1. The van der Waals surface area contributed by atoms with Crippen LogP contribution in [0.4, 0.5) is 0 Å². The molecule has 4 rings (SSSR count). The first-order valence-electron chi connectivity index (χ1n) is 10.8. The summed E-state index contributed by atoms with van der Waals surface area (Å²) in [5.74, 6) is -0.729. The van der Waals surface area contributed by atoms with Gasteiger partial charge in [0.25, 0.3) is 5.91 Å². The number of carbonyl (C=O) groups excluding carboxylic acids is 2. The van der Waals surface area contributed by atoms with Crippen molar-refractivity contribution in [3.63, 3.8) is 0 Å². The summed E-state index contributed by atoms with van der Waals surface area (Å²) in [6, 6.07) is 12.0. The van der Waals surface area contributed by atoms with Crippen molar-refractivity contribution in [3.8, 4) is 23.0 Å². The molecule has 0 fully saturated rings. The molecule has 0 saturated carbocycles. The van der Waals surface area contributed by atoms with E-state index in [0.717, 1.165) is 5.56 Å². The molecule has 0 radical (unpaired) electrons. The fraction of sp³-hybridized carbons (Fsp3) is 0.231. The normalized spacial score (nSPS) is 15.5. The monoisotopic (exact) mass is 479 g/mol. The lowest BCUT2D eigenvalue weighted by Gasteiger charge is -2.27. The average molecular weight is 479 g/mol. The zero-order valence-corrected chi connectivity index (χ0v) is 19.5. The molecule has 1 aliphatic heterocycles. The van der Waals surface area contributed by atoms with E-state index in [0.29, 0.717) is 23.5 Å². The topological polar surface area (TPSA) is 119 Å². The summed E-state index contributed by atoms with van der Waals surface area (Å²) in [7, 11) is 4.48. The Labute approximate surface area is 201 Å². The number of phenolic OH excluding ortho intramolecular Hbond substituents is 1. The number of amides is 1. The first-order chi connectivity index (χ1) is 16.9. The number of rotatable bonds is 9. The molecule has 9 nitrogen and oxygen atoms in total. The Hall–Kier alpha value is -4.40. The van der Waals surface area contributed by atoms with E-state index in [4.69, 9.17) is 18.6 Å². The third-order valence-corrected chi connectivity index (χ3v) is 5.90. The van der Waals surface area contributed by atoms with E-state index in [1.165, 1.54) is 43.6 Å². The van der Waals surface area contributed by atoms with Crippen molar-refractivity contribution in [1.29, 1.82) is 0 Å². The van der Waals surface area contributed by atoms with Gasteiger partial charge in [0.15, 0.2) is 34.5 Å². The van der Waals surface area contributed by atoms with E-state index < -0.39 is 23.5 Å². The third-order valence-electron chi connectivity index (χ3n) is 5.90. The lowest BCUT2D eigenvalue weighted by Crippen LogP contribution is -2.33. The molecule has 1 atom stereocenters. The number of ketones is 1. The fourth-order valence-corrected chi connectivity index (χ4v) is 4.15. The van der Waals surface area contributed by atoms with Gasteiger partial charge in [0.2, 0.25) is 5.78 Å². The second kappa shape index (κ2) is 9.84. The Morgan fingerprint density at radius 3 is 2.37 bits per heavy atom. The molecule has 1 aliphatic rings. The van der Waals surface area contributed by atoms with Crippen LogP contribution in [0.3, 0.4) is 0 Å². The van der Waals surface area contributed by atoms with Crippen LogP contribution in [0.1, 0.15) is 27.7 Å². The van der Waals surface area contributed by atoms with Gasteiger partial charge in [0.05, 0.1) is 39.2 Å². The van der Waals surface area contributed by atoms with Gasteiger partial charge in [0, 0.05) is 6.54 Å². The van der Waals surface area contributed by atoms with E-state index in [1.807, 2.05) is 6.07 Å². The maximum atomic E-state index is 13.2. The predicted octanol–water partition coefficient (Wildman–Crippen LogP) is 3.83. The Bertz CT molecular complexity index is 1280. The zero-order valence-electron chi connectivity index (χ0n) is 19.5. The van der Waals surface area contributed by atoms with Crippen LogP contribution < -0.4 is 14.2 Å². The van der Waals surface area contributed by atoms with Gasteiger partial charge in [-0.25, -0.2) is 0 Å². The zero-order chi connectivity index (χ0) is 25.1. The standard InChI is InChI=1S/C26H25NO8/c1-32-18-9-6-15(13-21(18)34-3)10-11-27-23(16-7-8-17(28)20(14-16)33-2)22(25(30)26(27)31)24(29)19-5-4-12-35-19/h4-9,12-14,23,28,30H,10-11H2,1-3H3/t23-/m1/s1. The van der Waals surface area contributed by atoms with Crippen LogP contribution >= 0.6 is 0 Å². The quantitative estimate of drug-likeness (QED) is 0.445. The van der Waals surface area contributed by atoms with Crippen LogP contribution in [-0.2, 0) is 11.2 Å². The maximum absolute atomic E-state index is 13.2. The van der Waals surface area contributed by atoms with Crippen molar-refractivity contribution in [2.45, 2.75) is 12.5 Å². The van der Waals surface area contributed by atoms with E-state index in [9.17, 15) is 19.8 Å². The summed E-state index contributed by atoms with van der Waals surface area (Å²) in [6.07, 6.45) is 1.75. The molecule has 1 amide bonds. The fourth-order valence-electron chi connectivity index (χ4n) is 4.15. The molecular weight excluding hydrogens is 454 g/mol. The summed E-state index contributed by atoms with van der Waals surface area (Å²) in [5, 5.41) is 20.8. The number of benzene rings is 2. The number of carbonyl (C=O) groups is 2. The molecule has 2 heterocycles. The first-order valence-corrected chi connectivity index (χ1v) is 10.8. The number of nitrogens with zero attached hydrogens (tertiary/aromatic N) is 1. The molecule has 9 heteroatoms. The van der Waals surface area contributed by atoms with Gasteiger partial charge >= 0.3 is 0 Å². The molecule has 2 aromatic carbocycles. The van der Waals surface area contributed by atoms with E-state index in [1.54, 1.807) is 31.4 Å². The molecule has 0 aliphatic carbocycles. The molecule has 0 saturated heterocycles. The highest BCUT2D eigenvalue weighted by atomic mass is 16.5. The number of ether oxygens (including phenoxy) is 3. The molecule has 1 aromatic heterocycles. The summed E-state index contributed by atoms with van der Waals surface area (Å²) in [5.41, 5.74) is 1.24. The second-order valence-electron chi connectivity index (χ2n) is 7.84. The van der Waals surface area contributed by atoms with Crippen molar-refractivity contribution in [2.75, 3.05) is 27.9 Å². The van der Waals surface area contributed by atoms with Gasteiger partial charge < -0.3 is 33.7 Å². The van der Waals surface area contributed by atoms with Gasteiger partial charge in [-0.05, 0) is 53.9 Å². The lowest BCUT2D eigenvalue weighted by atomic mass is 9.94. The first kappa shape index (κ1) is 23.7. The number of methoxy groups -OCH3 is 3. The number of Topliss-reactive ketones (excluding diaryl/α,β-unsaturated/α-hetero) is 1. The molecule has 35 heavy (non-hydrogen) atoms. The van der Waals surface area contributed by atoms with Gasteiger partial charge in [-0.2, -0.15) is 0 Å². The Balaban J connectivity index is 1.71. The molecule has 2 N–H and O–H groups in total. The van der Waals surface area contributed by atoms with Crippen LogP contribution in [-0.4, -0.2) is 54.7 Å². The smallest absolute Gasteiger partial charge is 0.290 e.